The second kappa shape index (κ2) is 8.22. The van der Waals surface area contributed by atoms with Gasteiger partial charge in [0.25, 0.3) is 0 Å². The molecule has 1 aliphatic rings. The Morgan fingerprint density at radius 1 is 1.25 bits per heavy atom. The maximum atomic E-state index is 12.8. The SMILES string of the molecule is CCOC(=O)C1=C(c2ccccc2)NC(=O)N[C@@H]1c1cc(Cl)c(O)c(OC)c1. The van der Waals surface area contributed by atoms with Crippen LogP contribution in [-0.4, -0.2) is 30.8 Å². The maximum Gasteiger partial charge on any atom is 0.338 e. The van der Waals surface area contributed by atoms with Gasteiger partial charge in [0.1, 0.15) is 0 Å². The number of methoxy groups -OCH3 is 1. The van der Waals surface area contributed by atoms with Gasteiger partial charge < -0.3 is 25.2 Å². The lowest BCUT2D eigenvalue weighted by molar-refractivity contribution is -0.138. The minimum atomic E-state index is -0.852. The number of aromatic hydroxyl groups is 1. The molecule has 1 heterocycles. The van der Waals surface area contributed by atoms with Crippen molar-refractivity contribution in [2.75, 3.05) is 13.7 Å². The molecular formula is C20H19ClN2O5. The van der Waals surface area contributed by atoms with E-state index < -0.39 is 18.0 Å². The summed E-state index contributed by atoms with van der Waals surface area (Å²) in [6.45, 7) is 1.87. The number of ether oxygens (including phenoxy) is 2. The minimum Gasteiger partial charge on any atom is -0.503 e. The van der Waals surface area contributed by atoms with Crippen molar-refractivity contribution in [1.29, 1.82) is 0 Å². The first-order valence-corrected chi connectivity index (χ1v) is 8.94. The van der Waals surface area contributed by atoms with Crippen LogP contribution in [0.2, 0.25) is 5.02 Å². The number of rotatable bonds is 5. The van der Waals surface area contributed by atoms with Crippen LogP contribution in [0.5, 0.6) is 11.5 Å². The highest BCUT2D eigenvalue weighted by molar-refractivity contribution is 6.32. The molecule has 1 aliphatic heterocycles. The van der Waals surface area contributed by atoms with Gasteiger partial charge in [-0.05, 0) is 30.2 Å². The summed E-state index contributed by atoms with van der Waals surface area (Å²) in [4.78, 5) is 25.1. The summed E-state index contributed by atoms with van der Waals surface area (Å²) in [6, 6.07) is 10.6. The first kappa shape index (κ1) is 19.6. The molecule has 0 saturated carbocycles. The molecule has 0 spiro atoms. The van der Waals surface area contributed by atoms with E-state index in [9.17, 15) is 14.7 Å². The van der Waals surface area contributed by atoms with E-state index in [-0.39, 0.29) is 28.7 Å². The number of urea groups is 1. The molecule has 3 rings (SSSR count). The van der Waals surface area contributed by atoms with E-state index in [2.05, 4.69) is 10.6 Å². The van der Waals surface area contributed by atoms with Crippen LogP contribution in [0.1, 0.15) is 24.1 Å². The molecule has 2 amide bonds. The quantitative estimate of drug-likeness (QED) is 0.666. The van der Waals surface area contributed by atoms with Crippen LogP contribution in [-0.2, 0) is 9.53 Å². The molecule has 2 aromatic carbocycles. The molecule has 3 N–H and O–H groups in total. The Morgan fingerprint density at radius 3 is 2.61 bits per heavy atom. The van der Waals surface area contributed by atoms with Crippen molar-refractivity contribution in [3.8, 4) is 11.5 Å². The van der Waals surface area contributed by atoms with E-state index in [1.807, 2.05) is 6.07 Å². The summed E-state index contributed by atoms with van der Waals surface area (Å²) in [5.74, 6) is -0.681. The third-order valence-corrected chi connectivity index (χ3v) is 4.52. The van der Waals surface area contributed by atoms with Gasteiger partial charge in [0, 0.05) is 0 Å². The number of nitrogens with one attached hydrogen (secondary N) is 2. The van der Waals surface area contributed by atoms with E-state index in [4.69, 9.17) is 21.1 Å². The molecule has 0 bridgehead atoms. The van der Waals surface area contributed by atoms with Gasteiger partial charge in [-0.2, -0.15) is 0 Å². The highest BCUT2D eigenvalue weighted by Crippen LogP contribution is 2.40. The van der Waals surface area contributed by atoms with Crippen LogP contribution in [0, 0.1) is 0 Å². The van der Waals surface area contributed by atoms with E-state index in [1.165, 1.54) is 19.2 Å². The van der Waals surface area contributed by atoms with Gasteiger partial charge in [-0.3, -0.25) is 0 Å². The molecule has 8 heteroatoms. The standard InChI is InChI=1S/C20H19ClN2O5/c1-3-28-19(25)15-16(11-7-5-4-6-8-11)22-20(26)23-17(15)12-9-13(21)18(24)14(10-12)27-2/h4-10,17,24H,3H2,1-2H3,(H2,22,23,26)/t17-/m1/s1. The van der Waals surface area contributed by atoms with Crippen molar-refractivity contribution in [1.82, 2.24) is 10.6 Å². The first-order valence-electron chi connectivity index (χ1n) is 8.56. The van der Waals surface area contributed by atoms with Crippen LogP contribution in [0.25, 0.3) is 5.70 Å². The van der Waals surface area contributed by atoms with Crippen molar-refractivity contribution in [2.24, 2.45) is 0 Å². The zero-order valence-electron chi connectivity index (χ0n) is 15.3. The second-order valence-electron chi connectivity index (χ2n) is 5.96. The Morgan fingerprint density at radius 2 is 1.96 bits per heavy atom. The normalized spacial score (nSPS) is 16.2. The number of hydrogen-bond donors (Lipinski definition) is 3. The fourth-order valence-electron chi connectivity index (χ4n) is 2.99. The average molecular weight is 403 g/mol. The highest BCUT2D eigenvalue weighted by Gasteiger charge is 2.35. The predicted molar refractivity (Wildman–Crippen MR) is 104 cm³/mol. The molecule has 0 unspecified atom stereocenters. The van der Waals surface area contributed by atoms with Crippen LogP contribution >= 0.6 is 11.6 Å². The van der Waals surface area contributed by atoms with Crippen LogP contribution < -0.4 is 15.4 Å². The number of carbonyl (C=O) groups excluding carboxylic acids is 2. The molecule has 0 aromatic heterocycles. The molecule has 2 aromatic rings. The fraction of sp³-hybridized carbons (Fsp3) is 0.200. The zero-order chi connectivity index (χ0) is 20.3. The summed E-state index contributed by atoms with van der Waals surface area (Å²) in [6.07, 6.45) is 0. The van der Waals surface area contributed by atoms with Gasteiger partial charge >= 0.3 is 12.0 Å². The molecule has 28 heavy (non-hydrogen) atoms. The van der Waals surface area contributed by atoms with Gasteiger partial charge in [-0.1, -0.05) is 41.9 Å². The Balaban J connectivity index is 2.22. The molecule has 1 atom stereocenters. The van der Waals surface area contributed by atoms with Gasteiger partial charge in [-0.25, -0.2) is 9.59 Å². The van der Waals surface area contributed by atoms with Crippen molar-refractivity contribution in [2.45, 2.75) is 13.0 Å². The number of carbonyl (C=O) groups is 2. The lowest BCUT2D eigenvalue weighted by atomic mass is 9.92. The molecule has 0 radical (unpaired) electrons. The number of hydrogen-bond acceptors (Lipinski definition) is 5. The average Bonchev–Trinajstić information content (AvgIpc) is 2.70. The highest BCUT2D eigenvalue weighted by atomic mass is 35.5. The summed E-state index contributed by atoms with van der Waals surface area (Å²) in [7, 11) is 1.38. The molecule has 146 valence electrons. The zero-order valence-corrected chi connectivity index (χ0v) is 16.0. The van der Waals surface area contributed by atoms with Gasteiger partial charge in [0.05, 0.1) is 36.1 Å². The predicted octanol–water partition coefficient (Wildman–Crippen LogP) is 3.38. The lowest BCUT2D eigenvalue weighted by Gasteiger charge is -2.30. The Labute approximate surface area is 166 Å². The van der Waals surface area contributed by atoms with Crippen molar-refractivity contribution >= 4 is 29.3 Å². The van der Waals surface area contributed by atoms with E-state index >= 15 is 0 Å². The number of benzene rings is 2. The monoisotopic (exact) mass is 402 g/mol. The first-order chi connectivity index (χ1) is 13.5. The molecule has 0 fully saturated rings. The molecule has 7 nitrogen and oxygen atoms in total. The third kappa shape index (κ3) is 3.75. The maximum absolute atomic E-state index is 12.8. The number of phenols is 1. The van der Waals surface area contributed by atoms with Crippen molar-refractivity contribution in [3.05, 3.63) is 64.2 Å². The topological polar surface area (TPSA) is 96.9 Å². The van der Waals surface area contributed by atoms with E-state index in [0.29, 0.717) is 16.8 Å². The van der Waals surface area contributed by atoms with E-state index in [1.54, 1.807) is 31.2 Å². The van der Waals surface area contributed by atoms with Crippen molar-refractivity contribution < 1.29 is 24.2 Å². The molecular weight excluding hydrogens is 384 g/mol. The summed E-state index contributed by atoms with van der Waals surface area (Å²) >= 11 is 6.10. The molecule has 0 aliphatic carbocycles. The third-order valence-electron chi connectivity index (χ3n) is 4.23. The largest absolute Gasteiger partial charge is 0.503 e. The summed E-state index contributed by atoms with van der Waals surface area (Å²) < 4.78 is 10.4. The summed E-state index contributed by atoms with van der Waals surface area (Å²) in [5, 5.41) is 15.4. The van der Waals surface area contributed by atoms with Gasteiger partial charge in [-0.15, -0.1) is 0 Å². The van der Waals surface area contributed by atoms with Crippen molar-refractivity contribution in [3.63, 3.8) is 0 Å². The van der Waals surface area contributed by atoms with Gasteiger partial charge in [0.15, 0.2) is 11.5 Å². The Bertz CT molecular complexity index is 943. The van der Waals surface area contributed by atoms with Gasteiger partial charge in [0.2, 0.25) is 0 Å². The van der Waals surface area contributed by atoms with Crippen LogP contribution in [0.4, 0.5) is 4.79 Å². The van der Waals surface area contributed by atoms with E-state index in [0.717, 1.165) is 0 Å². The number of amides is 2. The smallest absolute Gasteiger partial charge is 0.338 e. The Hall–Kier alpha value is -3.19. The number of phenolic OH excluding ortho intramolecular Hbond substituents is 1. The Kier molecular flexibility index (Phi) is 5.75. The lowest BCUT2D eigenvalue weighted by Crippen LogP contribution is -2.45. The van der Waals surface area contributed by atoms with Crippen LogP contribution in [0.15, 0.2) is 48.0 Å². The number of halogens is 1. The minimum absolute atomic E-state index is 0.0339. The second-order valence-corrected chi connectivity index (χ2v) is 6.37. The number of esters is 1. The summed E-state index contributed by atoms with van der Waals surface area (Å²) in [5.41, 5.74) is 1.68. The fourth-order valence-corrected chi connectivity index (χ4v) is 3.21. The molecule has 0 saturated heterocycles. The van der Waals surface area contributed by atoms with Crippen LogP contribution in [0.3, 0.4) is 0 Å².